The number of ether oxygens (including phenoxy) is 3. The topological polar surface area (TPSA) is 78.9 Å². The standard InChI is InChI=1S/C61H98O6/c1-4-7-10-13-15-17-19-21-23-25-27-28-29-30-31-32-34-35-37-39-41-43-45-48-51-54-60(63)66-57-58(56-65-59(62)53-50-47-12-9-6-3)67-61(64)55-52-49-46-44-42-40-38-36-33-26-24-22-20-18-16-14-11-8-5-2/h7-8,10-11,15-18,21-24,27-28,30-31,33,36,40,42,58H,4-6,9,12-14,19-20,25-26,29,32,34-35,37-39,41,43-57H2,1-3H3/b10-7-,11-8-,17-15-,18-16-,23-21-,24-22-,28-27-,31-30-,36-33-,42-40-. The van der Waals surface area contributed by atoms with E-state index in [0.29, 0.717) is 12.8 Å². The van der Waals surface area contributed by atoms with Gasteiger partial charge in [-0.15, -0.1) is 0 Å². The number of allylic oxidation sites excluding steroid dienone is 20. The Bertz CT molecular complexity index is 1440. The van der Waals surface area contributed by atoms with E-state index >= 15 is 0 Å². The summed E-state index contributed by atoms with van der Waals surface area (Å²) in [5.74, 6) is -0.956. The molecule has 0 rings (SSSR count). The van der Waals surface area contributed by atoms with Crippen LogP contribution >= 0.6 is 0 Å². The van der Waals surface area contributed by atoms with Gasteiger partial charge in [-0.1, -0.05) is 219 Å². The van der Waals surface area contributed by atoms with Gasteiger partial charge in [-0.05, 0) is 109 Å². The summed E-state index contributed by atoms with van der Waals surface area (Å²) in [6, 6.07) is 0. The zero-order valence-electron chi connectivity index (χ0n) is 43.1. The van der Waals surface area contributed by atoms with Crippen molar-refractivity contribution in [3.8, 4) is 0 Å². The normalized spacial score (nSPS) is 13.1. The van der Waals surface area contributed by atoms with E-state index in [1.807, 2.05) is 0 Å². The van der Waals surface area contributed by atoms with Crippen molar-refractivity contribution in [3.63, 3.8) is 0 Å². The molecule has 6 heteroatoms. The summed E-state index contributed by atoms with van der Waals surface area (Å²) in [5, 5.41) is 0. The highest BCUT2D eigenvalue weighted by Gasteiger charge is 2.19. The molecule has 0 saturated carbocycles. The van der Waals surface area contributed by atoms with Gasteiger partial charge in [-0.3, -0.25) is 14.4 Å². The smallest absolute Gasteiger partial charge is 0.306 e. The zero-order chi connectivity index (χ0) is 48.6. The average molecular weight is 927 g/mol. The lowest BCUT2D eigenvalue weighted by Crippen LogP contribution is -2.30. The van der Waals surface area contributed by atoms with Gasteiger partial charge in [0.1, 0.15) is 13.2 Å². The number of unbranched alkanes of at least 4 members (excludes halogenated alkanes) is 16. The molecule has 0 N–H and O–H groups in total. The lowest BCUT2D eigenvalue weighted by Gasteiger charge is -2.18. The SMILES string of the molecule is CC/C=C\C/C=C\C/C=C\C/C=C\C/C=C\CCCCCCCCCCCC(=O)OCC(COC(=O)CCCCCCC)OC(=O)CCCCC/C=C\C/C=C\C/C=C\C/C=C\C/C=C\CC. The Morgan fingerprint density at radius 3 is 0.925 bits per heavy atom. The fourth-order valence-corrected chi connectivity index (χ4v) is 6.96. The van der Waals surface area contributed by atoms with Crippen LogP contribution in [0.2, 0.25) is 0 Å². The van der Waals surface area contributed by atoms with E-state index in [-0.39, 0.29) is 37.5 Å². The molecular weight excluding hydrogens is 829 g/mol. The van der Waals surface area contributed by atoms with Crippen molar-refractivity contribution in [1.82, 2.24) is 0 Å². The maximum atomic E-state index is 12.7. The Kier molecular flexibility index (Phi) is 51.0. The second-order valence-corrected chi connectivity index (χ2v) is 17.4. The first kappa shape index (κ1) is 62.8. The van der Waals surface area contributed by atoms with E-state index in [2.05, 4.69) is 142 Å². The monoisotopic (exact) mass is 927 g/mol. The van der Waals surface area contributed by atoms with Gasteiger partial charge < -0.3 is 14.2 Å². The summed E-state index contributed by atoms with van der Waals surface area (Å²) in [4.78, 5) is 37.7. The van der Waals surface area contributed by atoms with Crippen LogP contribution in [0.25, 0.3) is 0 Å². The third-order valence-electron chi connectivity index (χ3n) is 11.0. The van der Waals surface area contributed by atoms with Gasteiger partial charge in [-0.25, -0.2) is 0 Å². The first-order valence-electron chi connectivity index (χ1n) is 27.0. The van der Waals surface area contributed by atoms with Gasteiger partial charge in [0.25, 0.3) is 0 Å². The molecule has 1 atom stereocenters. The number of carbonyl (C=O) groups is 3. The zero-order valence-corrected chi connectivity index (χ0v) is 43.1. The molecule has 0 heterocycles. The quantitative estimate of drug-likeness (QED) is 0.0262. The Morgan fingerprint density at radius 1 is 0.313 bits per heavy atom. The summed E-state index contributed by atoms with van der Waals surface area (Å²) in [7, 11) is 0. The van der Waals surface area contributed by atoms with Crippen LogP contribution in [0.3, 0.4) is 0 Å². The highest BCUT2D eigenvalue weighted by molar-refractivity contribution is 5.71. The van der Waals surface area contributed by atoms with Gasteiger partial charge >= 0.3 is 17.9 Å². The van der Waals surface area contributed by atoms with Crippen LogP contribution in [-0.4, -0.2) is 37.2 Å². The summed E-state index contributed by atoms with van der Waals surface area (Å²) in [6.07, 6.45) is 75.1. The summed E-state index contributed by atoms with van der Waals surface area (Å²) in [6.45, 7) is 6.28. The van der Waals surface area contributed by atoms with E-state index < -0.39 is 6.10 Å². The van der Waals surface area contributed by atoms with Crippen LogP contribution in [0.5, 0.6) is 0 Å². The summed E-state index contributed by atoms with van der Waals surface area (Å²) >= 11 is 0. The van der Waals surface area contributed by atoms with Crippen molar-refractivity contribution in [2.24, 2.45) is 0 Å². The molecule has 0 aromatic heterocycles. The molecule has 0 aromatic carbocycles. The first-order chi connectivity index (χ1) is 33.0. The molecule has 0 aliphatic heterocycles. The Morgan fingerprint density at radius 2 is 0.582 bits per heavy atom. The van der Waals surface area contributed by atoms with Crippen LogP contribution in [0, 0.1) is 0 Å². The number of hydrogen-bond donors (Lipinski definition) is 0. The van der Waals surface area contributed by atoms with Gasteiger partial charge in [0.15, 0.2) is 6.10 Å². The van der Waals surface area contributed by atoms with E-state index in [4.69, 9.17) is 14.2 Å². The van der Waals surface area contributed by atoms with E-state index in [1.165, 1.54) is 38.5 Å². The van der Waals surface area contributed by atoms with Crippen LogP contribution in [0.1, 0.15) is 226 Å². The predicted octanol–water partition coefficient (Wildman–Crippen LogP) is 18.1. The fraction of sp³-hybridized carbons (Fsp3) is 0.623. The van der Waals surface area contributed by atoms with Crippen molar-refractivity contribution >= 4 is 17.9 Å². The lowest BCUT2D eigenvalue weighted by molar-refractivity contribution is -0.167. The predicted molar refractivity (Wildman–Crippen MR) is 288 cm³/mol. The number of rotatable bonds is 47. The van der Waals surface area contributed by atoms with Crippen molar-refractivity contribution in [2.75, 3.05) is 13.2 Å². The molecule has 0 spiro atoms. The molecule has 0 aromatic rings. The second kappa shape index (κ2) is 54.4. The molecule has 1 unspecified atom stereocenters. The van der Waals surface area contributed by atoms with Gasteiger partial charge in [0.2, 0.25) is 0 Å². The molecule has 67 heavy (non-hydrogen) atoms. The maximum absolute atomic E-state index is 12.7. The molecule has 0 bridgehead atoms. The summed E-state index contributed by atoms with van der Waals surface area (Å²) < 4.78 is 16.7. The minimum absolute atomic E-state index is 0.0970. The van der Waals surface area contributed by atoms with E-state index in [9.17, 15) is 14.4 Å². The maximum Gasteiger partial charge on any atom is 0.306 e. The molecular formula is C61H98O6. The van der Waals surface area contributed by atoms with Crippen molar-refractivity contribution < 1.29 is 28.6 Å². The lowest BCUT2D eigenvalue weighted by atomic mass is 10.1. The van der Waals surface area contributed by atoms with E-state index in [0.717, 1.165) is 148 Å². The van der Waals surface area contributed by atoms with Gasteiger partial charge in [-0.2, -0.15) is 0 Å². The van der Waals surface area contributed by atoms with Crippen LogP contribution in [-0.2, 0) is 28.6 Å². The number of esters is 3. The van der Waals surface area contributed by atoms with E-state index in [1.54, 1.807) is 0 Å². The minimum atomic E-state index is -0.797. The molecule has 0 amide bonds. The molecule has 0 aliphatic carbocycles. The first-order valence-corrected chi connectivity index (χ1v) is 27.0. The third-order valence-corrected chi connectivity index (χ3v) is 11.0. The molecule has 0 aliphatic rings. The fourth-order valence-electron chi connectivity index (χ4n) is 6.96. The van der Waals surface area contributed by atoms with Crippen molar-refractivity contribution in [2.45, 2.75) is 232 Å². The second-order valence-electron chi connectivity index (χ2n) is 17.4. The molecule has 378 valence electrons. The number of carbonyl (C=O) groups excluding carboxylic acids is 3. The highest BCUT2D eigenvalue weighted by atomic mass is 16.6. The van der Waals surface area contributed by atoms with Crippen LogP contribution < -0.4 is 0 Å². The van der Waals surface area contributed by atoms with Crippen molar-refractivity contribution in [3.05, 3.63) is 122 Å². The third kappa shape index (κ3) is 52.6. The van der Waals surface area contributed by atoms with Crippen LogP contribution in [0.15, 0.2) is 122 Å². The Balaban J connectivity index is 4.21. The number of hydrogen-bond acceptors (Lipinski definition) is 6. The molecule has 6 nitrogen and oxygen atoms in total. The molecule has 0 saturated heterocycles. The molecule has 0 radical (unpaired) electrons. The highest BCUT2D eigenvalue weighted by Crippen LogP contribution is 2.14. The van der Waals surface area contributed by atoms with Gasteiger partial charge in [0.05, 0.1) is 0 Å². The minimum Gasteiger partial charge on any atom is -0.462 e. The largest absolute Gasteiger partial charge is 0.462 e. The Labute approximate surface area is 412 Å². The Hall–Kier alpha value is -4.19. The van der Waals surface area contributed by atoms with Crippen LogP contribution in [0.4, 0.5) is 0 Å². The molecule has 0 fully saturated rings. The summed E-state index contributed by atoms with van der Waals surface area (Å²) in [5.41, 5.74) is 0. The van der Waals surface area contributed by atoms with Crippen molar-refractivity contribution in [1.29, 1.82) is 0 Å². The average Bonchev–Trinajstić information content (AvgIpc) is 3.33. The van der Waals surface area contributed by atoms with Gasteiger partial charge in [0, 0.05) is 19.3 Å².